The van der Waals surface area contributed by atoms with E-state index >= 15 is 0 Å². The maximum absolute atomic E-state index is 4.48. The topological polar surface area (TPSA) is 17.8 Å². The van der Waals surface area contributed by atoms with Gasteiger partial charge in [0.1, 0.15) is 3.70 Å². The first kappa shape index (κ1) is 10.0. The number of rotatable bonds is 0. The molecule has 0 atom stereocenters. The van der Waals surface area contributed by atoms with Crippen molar-refractivity contribution < 1.29 is 0 Å². The van der Waals surface area contributed by atoms with Crippen LogP contribution in [0.4, 0.5) is 0 Å². The lowest BCUT2D eigenvalue weighted by Gasteiger charge is -2.21. The van der Waals surface area contributed by atoms with E-state index in [1.165, 1.54) is 11.3 Å². The SMILES string of the molecule is Cc1c(I)nn(C(C)(C)C)c1C. The smallest absolute Gasteiger partial charge is 0.126 e. The fraction of sp³-hybridized carbons (Fsp3) is 0.667. The molecule has 12 heavy (non-hydrogen) atoms. The van der Waals surface area contributed by atoms with Gasteiger partial charge in [-0.1, -0.05) is 0 Å². The third kappa shape index (κ3) is 1.65. The van der Waals surface area contributed by atoms with Crippen LogP contribution in [-0.4, -0.2) is 9.78 Å². The molecule has 0 amide bonds. The summed E-state index contributed by atoms with van der Waals surface area (Å²) in [5, 5.41) is 4.48. The van der Waals surface area contributed by atoms with Crippen LogP contribution < -0.4 is 0 Å². The standard InChI is InChI=1S/C9H15IN2/c1-6-7(2)12(9(3,4)5)11-8(6)10/h1-5H3. The molecule has 3 heteroatoms. The molecule has 0 saturated carbocycles. The maximum atomic E-state index is 4.48. The Kier molecular flexibility index (Phi) is 2.52. The monoisotopic (exact) mass is 278 g/mol. The van der Waals surface area contributed by atoms with Crippen molar-refractivity contribution in [1.82, 2.24) is 9.78 Å². The first-order valence-corrected chi connectivity index (χ1v) is 5.14. The molecule has 0 aliphatic carbocycles. The maximum Gasteiger partial charge on any atom is 0.126 e. The molecule has 0 aliphatic rings. The third-order valence-electron chi connectivity index (χ3n) is 1.99. The molecule has 1 heterocycles. The van der Waals surface area contributed by atoms with E-state index in [1.54, 1.807) is 0 Å². The predicted octanol–water partition coefficient (Wildman–Crippen LogP) is 2.86. The van der Waals surface area contributed by atoms with Crippen molar-refractivity contribution in [1.29, 1.82) is 0 Å². The largest absolute Gasteiger partial charge is 0.263 e. The molecule has 0 aromatic carbocycles. The zero-order valence-electron chi connectivity index (χ0n) is 8.27. The fourth-order valence-corrected chi connectivity index (χ4v) is 1.81. The van der Waals surface area contributed by atoms with Crippen molar-refractivity contribution in [3.63, 3.8) is 0 Å². The van der Waals surface area contributed by atoms with Crippen LogP contribution in [0.2, 0.25) is 0 Å². The van der Waals surface area contributed by atoms with Gasteiger partial charge < -0.3 is 0 Å². The van der Waals surface area contributed by atoms with Gasteiger partial charge in [-0.3, -0.25) is 4.68 Å². The Morgan fingerprint density at radius 3 is 1.92 bits per heavy atom. The molecular formula is C9H15IN2. The van der Waals surface area contributed by atoms with E-state index in [0.717, 1.165) is 3.70 Å². The second-order valence-corrected chi connectivity index (χ2v) is 5.11. The lowest BCUT2D eigenvalue weighted by atomic mass is 10.1. The van der Waals surface area contributed by atoms with Crippen LogP contribution in [0.1, 0.15) is 32.0 Å². The number of aromatic nitrogens is 2. The van der Waals surface area contributed by atoms with Crippen molar-refractivity contribution in [3.8, 4) is 0 Å². The zero-order chi connectivity index (χ0) is 9.52. The summed E-state index contributed by atoms with van der Waals surface area (Å²) in [6.07, 6.45) is 0. The third-order valence-corrected chi connectivity index (χ3v) is 3.02. The van der Waals surface area contributed by atoms with Crippen LogP contribution >= 0.6 is 22.6 Å². The highest BCUT2D eigenvalue weighted by Gasteiger charge is 2.18. The van der Waals surface area contributed by atoms with Crippen LogP contribution in [-0.2, 0) is 5.54 Å². The van der Waals surface area contributed by atoms with Crippen molar-refractivity contribution in [2.45, 2.75) is 40.2 Å². The summed E-state index contributed by atoms with van der Waals surface area (Å²) in [5.41, 5.74) is 2.66. The van der Waals surface area contributed by atoms with Crippen molar-refractivity contribution in [3.05, 3.63) is 15.0 Å². The predicted molar refractivity (Wildman–Crippen MR) is 59.4 cm³/mol. The Morgan fingerprint density at radius 1 is 1.25 bits per heavy atom. The summed E-state index contributed by atoms with van der Waals surface area (Å²) in [6, 6.07) is 0. The molecule has 1 aromatic rings. The van der Waals surface area contributed by atoms with Gasteiger partial charge in [0, 0.05) is 11.3 Å². The minimum Gasteiger partial charge on any atom is -0.263 e. The van der Waals surface area contributed by atoms with E-state index in [2.05, 4.69) is 67.0 Å². The van der Waals surface area contributed by atoms with Crippen molar-refractivity contribution in [2.75, 3.05) is 0 Å². The first-order valence-electron chi connectivity index (χ1n) is 4.06. The highest BCUT2D eigenvalue weighted by molar-refractivity contribution is 14.1. The summed E-state index contributed by atoms with van der Waals surface area (Å²) in [5.74, 6) is 0. The summed E-state index contributed by atoms with van der Waals surface area (Å²) >= 11 is 2.28. The minimum atomic E-state index is 0.0955. The lowest BCUT2D eigenvalue weighted by molar-refractivity contribution is 0.346. The number of hydrogen-bond acceptors (Lipinski definition) is 1. The van der Waals surface area contributed by atoms with Crippen LogP contribution in [0.15, 0.2) is 0 Å². The molecule has 0 aliphatic heterocycles. The average Bonchev–Trinajstić information content (AvgIpc) is 2.15. The van der Waals surface area contributed by atoms with E-state index in [9.17, 15) is 0 Å². The molecule has 68 valence electrons. The highest BCUT2D eigenvalue weighted by atomic mass is 127. The second kappa shape index (κ2) is 3.01. The van der Waals surface area contributed by atoms with Crippen molar-refractivity contribution >= 4 is 22.6 Å². The van der Waals surface area contributed by atoms with E-state index in [0.29, 0.717) is 0 Å². The number of halogens is 1. The summed E-state index contributed by atoms with van der Waals surface area (Å²) in [4.78, 5) is 0. The van der Waals surface area contributed by atoms with E-state index in [1.807, 2.05) is 0 Å². The lowest BCUT2D eigenvalue weighted by Crippen LogP contribution is -2.24. The Hall–Kier alpha value is -0.0600. The average molecular weight is 278 g/mol. The van der Waals surface area contributed by atoms with Gasteiger partial charge in [0.25, 0.3) is 0 Å². The summed E-state index contributed by atoms with van der Waals surface area (Å²) in [7, 11) is 0. The van der Waals surface area contributed by atoms with E-state index in [4.69, 9.17) is 0 Å². The fourth-order valence-electron chi connectivity index (χ4n) is 1.20. The molecule has 0 fully saturated rings. The van der Waals surface area contributed by atoms with Crippen LogP contribution in [0.5, 0.6) is 0 Å². The molecule has 1 aromatic heterocycles. The molecule has 0 N–H and O–H groups in total. The summed E-state index contributed by atoms with van der Waals surface area (Å²) < 4.78 is 3.20. The Morgan fingerprint density at radius 2 is 1.75 bits per heavy atom. The van der Waals surface area contributed by atoms with Gasteiger partial charge in [-0.25, -0.2) is 0 Å². The first-order chi connectivity index (χ1) is 5.34. The van der Waals surface area contributed by atoms with Crippen LogP contribution in [0.3, 0.4) is 0 Å². The zero-order valence-corrected chi connectivity index (χ0v) is 10.4. The van der Waals surface area contributed by atoms with Gasteiger partial charge in [-0.05, 0) is 57.2 Å². The Balaban J connectivity index is 3.28. The van der Waals surface area contributed by atoms with Crippen LogP contribution in [0, 0.1) is 17.5 Å². The van der Waals surface area contributed by atoms with Gasteiger partial charge in [-0.15, -0.1) is 0 Å². The van der Waals surface area contributed by atoms with Crippen LogP contribution in [0.25, 0.3) is 0 Å². The molecule has 0 bridgehead atoms. The van der Waals surface area contributed by atoms with Gasteiger partial charge in [0.05, 0.1) is 5.54 Å². The van der Waals surface area contributed by atoms with Gasteiger partial charge in [0.15, 0.2) is 0 Å². The van der Waals surface area contributed by atoms with Gasteiger partial charge in [0.2, 0.25) is 0 Å². The van der Waals surface area contributed by atoms with E-state index in [-0.39, 0.29) is 5.54 Å². The van der Waals surface area contributed by atoms with Gasteiger partial charge in [-0.2, -0.15) is 5.10 Å². The molecule has 0 radical (unpaired) electrons. The number of nitrogens with zero attached hydrogens (tertiary/aromatic N) is 2. The normalized spacial score (nSPS) is 12.2. The van der Waals surface area contributed by atoms with E-state index < -0.39 is 0 Å². The Bertz CT molecular complexity index is 294. The van der Waals surface area contributed by atoms with Gasteiger partial charge >= 0.3 is 0 Å². The molecule has 0 saturated heterocycles. The Labute approximate surface area is 87.5 Å². The molecule has 0 unspecified atom stereocenters. The number of hydrogen-bond donors (Lipinski definition) is 0. The molecular weight excluding hydrogens is 263 g/mol. The highest BCUT2D eigenvalue weighted by Crippen LogP contribution is 2.21. The molecule has 1 rings (SSSR count). The molecule has 0 spiro atoms. The summed E-state index contributed by atoms with van der Waals surface area (Å²) in [6.45, 7) is 10.7. The second-order valence-electron chi connectivity index (χ2n) is 4.08. The van der Waals surface area contributed by atoms with Crippen molar-refractivity contribution in [2.24, 2.45) is 0 Å². The quantitative estimate of drug-likeness (QED) is 0.667. The minimum absolute atomic E-state index is 0.0955. The molecule has 2 nitrogen and oxygen atoms in total.